The number of benzene rings is 4. The number of hydrogen-bond acceptors (Lipinski definition) is 3. The lowest BCUT2D eigenvalue weighted by molar-refractivity contribution is -0.143. The molecule has 4 aromatic carbocycles. The highest BCUT2D eigenvalue weighted by Gasteiger charge is 2.31. The van der Waals surface area contributed by atoms with Crippen LogP contribution in [0.4, 0.5) is 0 Å². The lowest BCUT2D eigenvalue weighted by Crippen LogP contribution is -2.53. The second-order valence-electron chi connectivity index (χ2n) is 9.44. The lowest BCUT2D eigenvalue weighted by atomic mass is 10.0. The number of hydrogen-bond donors (Lipinski definition) is 1. The van der Waals surface area contributed by atoms with Crippen molar-refractivity contribution in [3.8, 4) is 5.75 Å². The van der Waals surface area contributed by atoms with E-state index in [0.29, 0.717) is 17.2 Å². The highest BCUT2D eigenvalue weighted by Crippen LogP contribution is 2.25. The van der Waals surface area contributed by atoms with E-state index < -0.39 is 6.04 Å². The number of nitrogens with one attached hydrogen (secondary N) is 1. The fraction of sp³-hybridized carbons (Fsp3) is 0.250. The standard InChI is InChI=1S/C32H33ClN2O3/c1-3-23(2)34-32(37)29(20-24-11-5-4-6-12-24)35(21-25-13-9-16-27(33)19-25)31(36)22-38-30-18-10-15-26-14-7-8-17-28(26)30/h4-19,23,29H,3,20-22H2,1-2H3,(H,34,37)/t23-,29-/m1/s1. The summed E-state index contributed by atoms with van der Waals surface area (Å²) in [7, 11) is 0. The predicted molar refractivity (Wildman–Crippen MR) is 153 cm³/mol. The summed E-state index contributed by atoms with van der Waals surface area (Å²) in [6.07, 6.45) is 1.17. The normalized spacial score (nSPS) is 12.5. The largest absolute Gasteiger partial charge is 0.483 e. The molecule has 0 fully saturated rings. The van der Waals surface area contributed by atoms with Gasteiger partial charge in [0.25, 0.3) is 5.91 Å². The molecule has 0 heterocycles. The zero-order valence-corrected chi connectivity index (χ0v) is 22.5. The van der Waals surface area contributed by atoms with Gasteiger partial charge >= 0.3 is 0 Å². The number of carbonyl (C=O) groups excluding carboxylic acids is 2. The van der Waals surface area contributed by atoms with Gasteiger partial charge in [-0.15, -0.1) is 0 Å². The predicted octanol–water partition coefficient (Wildman–Crippen LogP) is 6.43. The molecule has 0 saturated carbocycles. The highest BCUT2D eigenvalue weighted by molar-refractivity contribution is 6.30. The Hall–Kier alpha value is -3.83. The zero-order valence-electron chi connectivity index (χ0n) is 21.8. The number of ether oxygens (including phenoxy) is 1. The Balaban J connectivity index is 1.65. The number of amides is 2. The molecule has 38 heavy (non-hydrogen) atoms. The van der Waals surface area contributed by atoms with Gasteiger partial charge < -0.3 is 15.0 Å². The van der Waals surface area contributed by atoms with Crippen LogP contribution < -0.4 is 10.1 Å². The molecule has 5 nitrogen and oxygen atoms in total. The molecule has 0 spiro atoms. The topological polar surface area (TPSA) is 58.6 Å². The van der Waals surface area contributed by atoms with Crippen LogP contribution in [0.5, 0.6) is 5.75 Å². The summed E-state index contributed by atoms with van der Waals surface area (Å²) in [5, 5.41) is 5.62. The molecule has 1 N–H and O–H groups in total. The van der Waals surface area contributed by atoms with Gasteiger partial charge in [-0.3, -0.25) is 9.59 Å². The van der Waals surface area contributed by atoms with E-state index in [1.807, 2.05) is 105 Å². The van der Waals surface area contributed by atoms with Crippen LogP contribution in [-0.2, 0) is 22.6 Å². The molecule has 196 valence electrons. The first kappa shape index (κ1) is 27.2. The first-order chi connectivity index (χ1) is 18.4. The van der Waals surface area contributed by atoms with E-state index in [1.54, 1.807) is 11.0 Å². The van der Waals surface area contributed by atoms with Crippen molar-refractivity contribution < 1.29 is 14.3 Å². The summed E-state index contributed by atoms with van der Waals surface area (Å²) in [6.45, 7) is 4.01. The zero-order chi connectivity index (χ0) is 26.9. The van der Waals surface area contributed by atoms with Crippen LogP contribution in [0, 0.1) is 0 Å². The number of fused-ring (bicyclic) bond motifs is 1. The van der Waals surface area contributed by atoms with Crippen LogP contribution in [0.25, 0.3) is 10.8 Å². The molecule has 0 radical (unpaired) electrons. The minimum absolute atomic E-state index is 0.0178. The fourth-order valence-electron chi connectivity index (χ4n) is 4.37. The third-order valence-electron chi connectivity index (χ3n) is 6.61. The molecule has 6 heteroatoms. The minimum Gasteiger partial charge on any atom is -0.483 e. The molecular weight excluding hydrogens is 496 g/mol. The van der Waals surface area contributed by atoms with E-state index in [0.717, 1.165) is 28.3 Å². The van der Waals surface area contributed by atoms with E-state index in [4.69, 9.17) is 16.3 Å². The molecule has 0 aromatic heterocycles. The summed E-state index contributed by atoms with van der Waals surface area (Å²) in [5.41, 5.74) is 1.81. The maximum absolute atomic E-state index is 13.8. The van der Waals surface area contributed by atoms with Gasteiger partial charge in [0.2, 0.25) is 5.91 Å². The van der Waals surface area contributed by atoms with Gasteiger partial charge in [0.05, 0.1) is 0 Å². The molecule has 0 aliphatic carbocycles. The molecule has 0 aliphatic rings. The fourth-order valence-corrected chi connectivity index (χ4v) is 4.58. The van der Waals surface area contributed by atoms with Gasteiger partial charge in [0.1, 0.15) is 11.8 Å². The molecule has 2 amide bonds. The van der Waals surface area contributed by atoms with Gasteiger partial charge in [-0.2, -0.15) is 0 Å². The molecule has 0 saturated heterocycles. The Kier molecular flexibility index (Phi) is 9.39. The van der Waals surface area contributed by atoms with Gasteiger partial charge in [-0.25, -0.2) is 0 Å². The number of halogens is 1. The molecule has 0 aliphatic heterocycles. The van der Waals surface area contributed by atoms with Crippen LogP contribution in [0.3, 0.4) is 0 Å². The average molecular weight is 529 g/mol. The number of carbonyl (C=O) groups is 2. The smallest absolute Gasteiger partial charge is 0.261 e. The molecule has 0 unspecified atom stereocenters. The Labute approximate surface area is 229 Å². The van der Waals surface area contributed by atoms with Crippen LogP contribution in [-0.4, -0.2) is 35.4 Å². The van der Waals surface area contributed by atoms with Crippen LogP contribution in [0.15, 0.2) is 97.1 Å². The first-order valence-electron chi connectivity index (χ1n) is 12.9. The monoisotopic (exact) mass is 528 g/mol. The van der Waals surface area contributed by atoms with Crippen molar-refractivity contribution in [2.75, 3.05) is 6.61 Å². The van der Waals surface area contributed by atoms with Crippen LogP contribution in [0.2, 0.25) is 5.02 Å². The quantitative estimate of drug-likeness (QED) is 0.244. The van der Waals surface area contributed by atoms with Gasteiger partial charge in [-0.05, 0) is 48.1 Å². The Morgan fingerprint density at radius 3 is 2.34 bits per heavy atom. The maximum atomic E-state index is 13.8. The first-order valence-corrected chi connectivity index (χ1v) is 13.3. The van der Waals surface area contributed by atoms with E-state index >= 15 is 0 Å². The van der Waals surface area contributed by atoms with Crippen molar-refractivity contribution in [3.63, 3.8) is 0 Å². The summed E-state index contributed by atoms with van der Waals surface area (Å²) >= 11 is 6.26. The minimum atomic E-state index is -0.728. The molecule has 4 aromatic rings. The summed E-state index contributed by atoms with van der Waals surface area (Å²) < 4.78 is 6.06. The summed E-state index contributed by atoms with van der Waals surface area (Å²) in [4.78, 5) is 29.0. The maximum Gasteiger partial charge on any atom is 0.261 e. The van der Waals surface area contributed by atoms with Crippen molar-refractivity contribution in [2.45, 2.75) is 45.3 Å². The second kappa shape index (κ2) is 13.1. The van der Waals surface area contributed by atoms with Crippen LogP contribution >= 0.6 is 11.6 Å². The van der Waals surface area contributed by atoms with E-state index in [-0.39, 0.29) is 31.0 Å². The average Bonchev–Trinajstić information content (AvgIpc) is 2.94. The van der Waals surface area contributed by atoms with Crippen molar-refractivity contribution in [1.82, 2.24) is 10.2 Å². The Morgan fingerprint density at radius 1 is 0.895 bits per heavy atom. The van der Waals surface area contributed by atoms with Crippen molar-refractivity contribution in [2.24, 2.45) is 0 Å². The molecule has 4 rings (SSSR count). The molecule has 2 atom stereocenters. The third kappa shape index (κ3) is 7.14. The summed E-state index contributed by atoms with van der Waals surface area (Å²) in [6, 6.07) is 30.0. The second-order valence-corrected chi connectivity index (χ2v) is 9.88. The number of rotatable bonds is 11. The van der Waals surface area contributed by atoms with Gasteiger partial charge in [-0.1, -0.05) is 97.4 Å². The Morgan fingerprint density at radius 2 is 1.58 bits per heavy atom. The molecule has 0 bridgehead atoms. The van der Waals surface area contributed by atoms with Gasteiger partial charge in [0, 0.05) is 29.4 Å². The van der Waals surface area contributed by atoms with Gasteiger partial charge in [0.15, 0.2) is 6.61 Å². The Bertz CT molecular complexity index is 1370. The van der Waals surface area contributed by atoms with Crippen LogP contribution in [0.1, 0.15) is 31.4 Å². The number of nitrogens with zero attached hydrogens (tertiary/aromatic N) is 1. The van der Waals surface area contributed by atoms with E-state index in [2.05, 4.69) is 5.32 Å². The molecular formula is C32H33ClN2O3. The van der Waals surface area contributed by atoms with E-state index in [1.165, 1.54) is 0 Å². The van der Waals surface area contributed by atoms with Crippen molar-refractivity contribution >= 4 is 34.2 Å². The van der Waals surface area contributed by atoms with E-state index in [9.17, 15) is 9.59 Å². The van der Waals surface area contributed by atoms with Crippen molar-refractivity contribution in [1.29, 1.82) is 0 Å². The lowest BCUT2D eigenvalue weighted by Gasteiger charge is -2.32. The third-order valence-corrected chi connectivity index (χ3v) is 6.85. The van der Waals surface area contributed by atoms with Crippen molar-refractivity contribution in [3.05, 3.63) is 113 Å². The SMILES string of the molecule is CC[C@@H](C)NC(=O)[C@@H](Cc1ccccc1)N(Cc1cccc(Cl)c1)C(=O)COc1cccc2ccccc12. The summed E-state index contributed by atoms with van der Waals surface area (Å²) in [5.74, 6) is 0.157. The highest BCUT2D eigenvalue weighted by atomic mass is 35.5.